The number of hydrogen-bond donors (Lipinski definition) is 2. The van der Waals surface area contributed by atoms with Crippen molar-refractivity contribution in [1.29, 1.82) is 5.26 Å². The van der Waals surface area contributed by atoms with E-state index in [9.17, 15) is 5.26 Å². The van der Waals surface area contributed by atoms with E-state index >= 15 is 0 Å². The molecule has 2 aliphatic carbocycles. The fourth-order valence-electron chi connectivity index (χ4n) is 4.19. The third-order valence-electron chi connectivity index (χ3n) is 5.30. The summed E-state index contributed by atoms with van der Waals surface area (Å²) >= 11 is 0. The minimum atomic E-state index is 0.627. The van der Waals surface area contributed by atoms with Gasteiger partial charge in [0, 0.05) is 17.6 Å². The summed E-state index contributed by atoms with van der Waals surface area (Å²) < 4.78 is 0. The number of H-pyrrole nitrogens is 1. The maximum Gasteiger partial charge on any atom is 0.101 e. The summed E-state index contributed by atoms with van der Waals surface area (Å²) in [5.41, 5.74) is 4.15. The first kappa shape index (κ1) is 11.8. The predicted molar refractivity (Wildman–Crippen MR) is 80.6 cm³/mol. The molecular weight excluding hydrogens is 246 g/mol. The summed E-state index contributed by atoms with van der Waals surface area (Å²) in [4.78, 5) is 3.28. The second-order valence-electron chi connectivity index (χ2n) is 6.34. The van der Waals surface area contributed by atoms with E-state index in [1.807, 2.05) is 6.20 Å². The first-order chi connectivity index (χ1) is 9.78. The van der Waals surface area contributed by atoms with Gasteiger partial charge in [-0.25, -0.2) is 0 Å². The highest BCUT2D eigenvalue weighted by Crippen LogP contribution is 2.48. The van der Waals surface area contributed by atoms with Crippen molar-refractivity contribution in [3.63, 3.8) is 0 Å². The van der Waals surface area contributed by atoms with Crippen LogP contribution in [0.25, 0.3) is 10.9 Å². The van der Waals surface area contributed by atoms with Gasteiger partial charge < -0.3 is 10.3 Å². The molecule has 102 valence electrons. The average molecular weight is 265 g/mol. The standard InChI is InChI=1S/C17H19N3/c1-10-5-6-14(17-16(10)12(8-18)9-19-17)20-15-7-11-3-2-4-13(11)15/h5-6,9,11,13,15,19-20H,2-4,7H2,1H3/t11-,13-,15?/m0/s1. The van der Waals surface area contributed by atoms with Gasteiger partial charge in [0.25, 0.3) is 0 Å². The van der Waals surface area contributed by atoms with E-state index in [1.165, 1.54) is 25.7 Å². The summed E-state index contributed by atoms with van der Waals surface area (Å²) in [6.45, 7) is 2.07. The van der Waals surface area contributed by atoms with Gasteiger partial charge in [0.1, 0.15) is 6.07 Å². The molecule has 3 atom stereocenters. The van der Waals surface area contributed by atoms with Crippen molar-refractivity contribution in [2.24, 2.45) is 11.8 Å². The van der Waals surface area contributed by atoms with Crippen molar-refractivity contribution < 1.29 is 0 Å². The number of fused-ring (bicyclic) bond motifs is 2. The molecule has 0 amide bonds. The maximum absolute atomic E-state index is 9.21. The molecule has 1 aromatic carbocycles. The third-order valence-corrected chi connectivity index (χ3v) is 5.30. The van der Waals surface area contributed by atoms with Gasteiger partial charge >= 0.3 is 0 Å². The molecule has 4 rings (SSSR count). The van der Waals surface area contributed by atoms with Crippen LogP contribution in [-0.2, 0) is 0 Å². The Balaban J connectivity index is 1.69. The van der Waals surface area contributed by atoms with Gasteiger partial charge in [-0.2, -0.15) is 5.26 Å². The van der Waals surface area contributed by atoms with Crippen LogP contribution in [0.4, 0.5) is 5.69 Å². The molecule has 2 fully saturated rings. The summed E-state index contributed by atoms with van der Waals surface area (Å²) in [5, 5.41) is 14.0. The second-order valence-corrected chi connectivity index (χ2v) is 6.34. The third kappa shape index (κ3) is 1.57. The summed E-state index contributed by atoms with van der Waals surface area (Å²) in [6.07, 6.45) is 7.34. The van der Waals surface area contributed by atoms with Crippen LogP contribution in [0.2, 0.25) is 0 Å². The van der Waals surface area contributed by atoms with Gasteiger partial charge in [0.2, 0.25) is 0 Å². The number of aromatic nitrogens is 1. The average Bonchev–Trinajstić information content (AvgIpc) is 3.02. The largest absolute Gasteiger partial charge is 0.380 e. The molecule has 2 aliphatic rings. The summed E-state index contributed by atoms with van der Waals surface area (Å²) in [5.74, 6) is 1.84. The van der Waals surface area contributed by atoms with Crippen LogP contribution < -0.4 is 5.32 Å². The number of nitrogens with zero attached hydrogens (tertiary/aromatic N) is 1. The number of nitrogens with one attached hydrogen (secondary N) is 2. The fourth-order valence-corrected chi connectivity index (χ4v) is 4.19. The van der Waals surface area contributed by atoms with Crippen LogP contribution in [0, 0.1) is 30.1 Å². The number of anilines is 1. The molecule has 1 aromatic heterocycles. The minimum absolute atomic E-state index is 0.627. The van der Waals surface area contributed by atoms with Crippen molar-refractivity contribution in [1.82, 2.24) is 4.98 Å². The van der Waals surface area contributed by atoms with E-state index in [1.54, 1.807) is 0 Å². The van der Waals surface area contributed by atoms with Crippen LogP contribution in [0.3, 0.4) is 0 Å². The lowest BCUT2D eigenvalue weighted by Gasteiger charge is -2.41. The number of nitriles is 1. The fraction of sp³-hybridized carbons (Fsp3) is 0.471. The minimum Gasteiger partial charge on any atom is -0.380 e. The molecular formula is C17H19N3. The molecule has 0 saturated heterocycles. The number of rotatable bonds is 2. The monoisotopic (exact) mass is 265 g/mol. The molecule has 0 bridgehead atoms. The Morgan fingerprint density at radius 2 is 2.25 bits per heavy atom. The van der Waals surface area contributed by atoms with Gasteiger partial charge in [-0.1, -0.05) is 18.9 Å². The lowest BCUT2D eigenvalue weighted by atomic mass is 9.71. The topological polar surface area (TPSA) is 51.6 Å². The Kier molecular flexibility index (Phi) is 2.53. The second kappa shape index (κ2) is 4.28. The van der Waals surface area contributed by atoms with E-state index in [0.717, 1.165) is 39.6 Å². The highest BCUT2D eigenvalue weighted by Gasteiger charge is 2.43. The SMILES string of the molecule is Cc1ccc(NC2C[C@@H]3CCC[C@H]23)c2[nH]cc(C#N)c12. The van der Waals surface area contributed by atoms with Crippen molar-refractivity contribution in [3.05, 3.63) is 29.5 Å². The van der Waals surface area contributed by atoms with Crippen LogP contribution in [0.1, 0.15) is 36.8 Å². The molecule has 3 heteroatoms. The van der Waals surface area contributed by atoms with Crippen molar-refractivity contribution in [2.75, 3.05) is 5.32 Å². The van der Waals surface area contributed by atoms with Crippen molar-refractivity contribution in [2.45, 2.75) is 38.6 Å². The quantitative estimate of drug-likeness (QED) is 0.863. The molecule has 2 N–H and O–H groups in total. The van der Waals surface area contributed by atoms with E-state index in [2.05, 4.69) is 35.4 Å². The zero-order chi connectivity index (χ0) is 13.7. The molecule has 0 aliphatic heterocycles. The van der Waals surface area contributed by atoms with Gasteiger partial charge in [0.05, 0.1) is 16.8 Å². The van der Waals surface area contributed by atoms with E-state index < -0.39 is 0 Å². The normalized spacial score (nSPS) is 27.9. The lowest BCUT2D eigenvalue weighted by Crippen LogP contribution is -2.43. The van der Waals surface area contributed by atoms with Crippen LogP contribution >= 0.6 is 0 Å². The van der Waals surface area contributed by atoms with Gasteiger partial charge in [0.15, 0.2) is 0 Å². The molecule has 0 radical (unpaired) electrons. The van der Waals surface area contributed by atoms with Crippen LogP contribution in [0.15, 0.2) is 18.3 Å². The lowest BCUT2D eigenvalue weighted by molar-refractivity contribution is 0.189. The van der Waals surface area contributed by atoms with Gasteiger partial charge in [-0.15, -0.1) is 0 Å². The Hall–Kier alpha value is -1.95. The Bertz CT molecular complexity index is 707. The number of hydrogen-bond acceptors (Lipinski definition) is 2. The van der Waals surface area contributed by atoms with Crippen LogP contribution in [0.5, 0.6) is 0 Å². The number of benzene rings is 1. The van der Waals surface area contributed by atoms with Crippen molar-refractivity contribution in [3.8, 4) is 6.07 Å². The smallest absolute Gasteiger partial charge is 0.101 e. The zero-order valence-electron chi connectivity index (χ0n) is 11.7. The van der Waals surface area contributed by atoms with Gasteiger partial charge in [-0.05, 0) is 43.2 Å². The van der Waals surface area contributed by atoms with E-state index in [-0.39, 0.29) is 0 Å². The maximum atomic E-state index is 9.21. The molecule has 1 unspecified atom stereocenters. The molecule has 3 nitrogen and oxygen atoms in total. The highest BCUT2D eigenvalue weighted by molar-refractivity contribution is 5.97. The Morgan fingerprint density at radius 1 is 1.35 bits per heavy atom. The first-order valence-electron chi connectivity index (χ1n) is 7.55. The number of aromatic amines is 1. The summed E-state index contributed by atoms with van der Waals surface area (Å²) in [6, 6.07) is 7.17. The molecule has 20 heavy (non-hydrogen) atoms. The molecule has 2 aromatic rings. The summed E-state index contributed by atoms with van der Waals surface area (Å²) in [7, 11) is 0. The van der Waals surface area contributed by atoms with E-state index in [0.29, 0.717) is 6.04 Å². The Labute approximate surface area is 119 Å². The highest BCUT2D eigenvalue weighted by atomic mass is 15.0. The zero-order valence-corrected chi connectivity index (χ0v) is 11.7. The first-order valence-corrected chi connectivity index (χ1v) is 7.55. The molecule has 1 heterocycles. The number of aryl methyl sites for hydroxylation is 1. The van der Waals surface area contributed by atoms with Crippen LogP contribution in [-0.4, -0.2) is 11.0 Å². The van der Waals surface area contributed by atoms with E-state index in [4.69, 9.17) is 0 Å². The molecule has 0 spiro atoms. The van der Waals surface area contributed by atoms with Crippen molar-refractivity contribution >= 4 is 16.6 Å². The Morgan fingerprint density at radius 3 is 3.05 bits per heavy atom. The predicted octanol–water partition coefficient (Wildman–Crippen LogP) is 3.95. The van der Waals surface area contributed by atoms with Gasteiger partial charge in [-0.3, -0.25) is 0 Å². The molecule has 2 saturated carbocycles.